The number of rotatable bonds is 4. The van der Waals surface area contributed by atoms with Crippen molar-refractivity contribution in [1.29, 1.82) is 0 Å². The molecular weight excluding hydrogens is 593 g/mol. The minimum absolute atomic E-state index is 0.0423. The highest BCUT2D eigenvalue weighted by Gasteiger charge is 2.68. The SMILES string of the molecule is CC(=O)O[C@H]1CC[C@@]2(C)[C@@H](CC[C@@H]3[C@@H]2C[C@@H](OC(C)=O)[C@@]2(C)[C@H]3C[C@H](OC3=NC(C)(C)CC3)[C@@H]2C(C)I)C1. The second kappa shape index (κ2) is 10.2. The minimum Gasteiger partial charge on any atom is -0.477 e. The van der Waals surface area contributed by atoms with Crippen molar-refractivity contribution in [3.8, 4) is 0 Å². The zero-order valence-electron chi connectivity index (χ0n) is 24.4. The normalized spacial score (nSPS) is 46.2. The smallest absolute Gasteiger partial charge is 0.302 e. The highest BCUT2D eigenvalue weighted by molar-refractivity contribution is 14.1. The quantitative estimate of drug-likeness (QED) is 0.190. The van der Waals surface area contributed by atoms with Gasteiger partial charge >= 0.3 is 11.9 Å². The number of esters is 2. The third-order valence-electron chi connectivity index (χ3n) is 11.6. The molecule has 1 heterocycles. The van der Waals surface area contributed by atoms with Crippen LogP contribution in [0.3, 0.4) is 0 Å². The minimum atomic E-state index is -0.171. The number of carbonyl (C=O) groups excluding carboxylic acids is 2. The van der Waals surface area contributed by atoms with Gasteiger partial charge in [-0.3, -0.25) is 9.59 Å². The largest absolute Gasteiger partial charge is 0.477 e. The molecule has 0 bridgehead atoms. The Hall–Kier alpha value is -0.860. The van der Waals surface area contributed by atoms with Gasteiger partial charge in [0.2, 0.25) is 0 Å². The fraction of sp³-hybridized carbons (Fsp3) is 0.903. The maximum absolute atomic E-state index is 12.5. The molecule has 214 valence electrons. The summed E-state index contributed by atoms with van der Waals surface area (Å²) in [6, 6.07) is 0. The van der Waals surface area contributed by atoms with E-state index in [-0.39, 0.29) is 46.6 Å². The zero-order chi connectivity index (χ0) is 27.6. The first-order valence-electron chi connectivity index (χ1n) is 15.0. The van der Waals surface area contributed by atoms with Crippen molar-refractivity contribution in [2.75, 3.05) is 0 Å². The second-order valence-electron chi connectivity index (χ2n) is 14.3. The van der Waals surface area contributed by atoms with Gasteiger partial charge in [0.25, 0.3) is 0 Å². The van der Waals surface area contributed by atoms with E-state index < -0.39 is 0 Å². The molecule has 11 atom stereocenters. The van der Waals surface area contributed by atoms with Gasteiger partial charge in [0.1, 0.15) is 18.3 Å². The maximum Gasteiger partial charge on any atom is 0.302 e. The first-order chi connectivity index (χ1) is 17.7. The van der Waals surface area contributed by atoms with Gasteiger partial charge in [-0.05, 0) is 94.3 Å². The molecule has 7 heteroatoms. The van der Waals surface area contributed by atoms with Gasteiger partial charge in [-0.25, -0.2) is 4.99 Å². The first kappa shape index (κ1) is 28.7. The predicted molar refractivity (Wildman–Crippen MR) is 156 cm³/mol. The maximum atomic E-state index is 12.5. The van der Waals surface area contributed by atoms with Crippen LogP contribution in [0.25, 0.3) is 0 Å². The standard InChI is InChI=1S/C31H48INO5/c1-17(32)28-25(38-27-11-12-29(4,5)33-27)15-24-22-9-8-20-14-21(36-18(2)34)10-13-30(20,6)23(22)16-26(31(24,28)7)37-19(3)35/h17,20-26,28H,8-16H2,1-7H3/t17?,20-,21-,22+,23-,24-,25-,26+,28-,30-,31+/m0/s1. The number of hydrogen-bond donors (Lipinski definition) is 0. The van der Waals surface area contributed by atoms with E-state index >= 15 is 0 Å². The number of nitrogens with zero attached hydrogens (tertiary/aromatic N) is 1. The van der Waals surface area contributed by atoms with E-state index in [1.54, 1.807) is 6.92 Å². The summed E-state index contributed by atoms with van der Waals surface area (Å²) < 4.78 is 19.2. The lowest BCUT2D eigenvalue weighted by Crippen LogP contribution is -2.60. The fourth-order valence-corrected chi connectivity index (χ4v) is 11.2. The molecule has 0 saturated heterocycles. The number of alkyl halides is 1. The number of halogens is 1. The average molecular weight is 642 g/mol. The first-order valence-corrected chi connectivity index (χ1v) is 16.2. The van der Waals surface area contributed by atoms with Gasteiger partial charge in [-0.15, -0.1) is 0 Å². The summed E-state index contributed by atoms with van der Waals surface area (Å²) in [5.74, 6) is 3.00. The summed E-state index contributed by atoms with van der Waals surface area (Å²) >= 11 is 2.59. The molecule has 0 spiro atoms. The van der Waals surface area contributed by atoms with Crippen LogP contribution in [0.4, 0.5) is 0 Å². The van der Waals surface area contributed by atoms with E-state index in [2.05, 4.69) is 57.2 Å². The Labute approximate surface area is 242 Å². The number of hydrogen-bond acceptors (Lipinski definition) is 6. The van der Waals surface area contributed by atoms with Crippen LogP contribution in [0.15, 0.2) is 4.99 Å². The van der Waals surface area contributed by atoms with Gasteiger partial charge in [0, 0.05) is 35.5 Å². The molecule has 0 aromatic rings. The Morgan fingerprint density at radius 2 is 1.66 bits per heavy atom. The van der Waals surface area contributed by atoms with Crippen molar-refractivity contribution < 1.29 is 23.8 Å². The molecule has 0 amide bonds. The summed E-state index contributed by atoms with van der Waals surface area (Å²) in [4.78, 5) is 29.1. The number of ether oxygens (including phenoxy) is 3. The average Bonchev–Trinajstić information content (AvgIpc) is 3.30. The van der Waals surface area contributed by atoms with Gasteiger partial charge in [0.15, 0.2) is 5.90 Å². The van der Waals surface area contributed by atoms with E-state index in [4.69, 9.17) is 19.2 Å². The molecule has 4 aliphatic carbocycles. The molecule has 5 rings (SSSR count). The second-order valence-corrected chi connectivity index (χ2v) is 16.2. The van der Waals surface area contributed by atoms with Crippen molar-refractivity contribution in [2.24, 2.45) is 45.4 Å². The Bertz CT molecular complexity index is 979. The molecule has 4 fully saturated rings. The van der Waals surface area contributed by atoms with Gasteiger partial charge in [0.05, 0.1) is 5.54 Å². The molecule has 0 aromatic heterocycles. The van der Waals surface area contributed by atoms with Crippen molar-refractivity contribution in [2.45, 2.75) is 134 Å². The fourth-order valence-electron chi connectivity index (χ4n) is 9.95. The summed E-state index contributed by atoms with van der Waals surface area (Å²) in [7, 11) is 0. The Morgan fingerprint density at radius 3 is 2.26 bits per heavy atom. The lowest BCUT2D eigenvalue weighted by atomic mass is 9.44. The number of fused-ring (bicyclic) bond motifs is 5. The third-order valence-corrected chi connectivity index (χ3v) is 12.4. The molecule has 0 N–H and O–H groups in total. The summed E-state index contributed by atoms with van der Waals surface area (Å²) in [5, 5.41) is 0. The van der Waals surface area contributed by atoms with Gasteiger partial charge in [-0.1, -0.05) is 43.4 Å². The van der Waals surface area contributed by atoms with E-state index in [0.717, 1.165) is 50.8 Å². The molecule has 6 nitrogen and oxygen atoms in total. The topological polar surface area (TPSA) is 74.2 Å². The Kier molecular flexibility index (Phi) is 7.69. The Balaban J connectivity index is 1.47. The van der Waals surface area contributed by atoms with Crippen LogP contribution in [0.5, 0.6) is 0 Å². The molecular formula is C31H48INO5. The van der Waals surface area contributed by atoms with Gasteiger partial charge < -0.3 is 14.2 Å². The molecule has 0 radical (unpaired) electrons. The molecule has 5 aliphatic rings. The van der Waals surface area contributed by atoms with Crippen molar-refractivity contribution in [3.05, 3.63) is 0 Å². The molecule has 1 aliphatic heterocycles. The van der Waals surface area contributed by atoms with Crippen LogP contribution < -0.4 is 0 Å². The van der Waals surface area contributed by atoms with Gasteiger partial charge in [-0.2, -0.15) is 0 Å². The van der Waals surface area contributed by atoms with Crippen molar-refractivity contribution >= 4 is 40.4 Å². The highest BCUT2D eigenvalue weighted by atomic mass is 127. The molecule has 0 aromatic carbocycles. The number of aliphatic imine (C=N–C) groups is 1. The van der Waals surface area contributed by atoms with Crippen LogP contribution in [0, 0.1) is 40.4 Å². The summed E-state index contributed by atoms with van der Waals surface area (Å²) in [6.07, 6.45) is 9.31. The molecule has 4 saturated carbocycles. The van der Waals surface area contributed by atoms with Crippen LogP contribution in [0.1, 0.15) is 106 Å². The van der Waals surface area contributed by atoms with Crippen LogP contribution in [-0.2, 0) is 23.8 Å². The zero-order valence-corrected chi connectivity index (χ0v) is 26.6. The predicted octanol–water partition coefficient (Wildman–Crippen LogP) is 6.91. The van der Waals surface area contributed by atoms with E-state index in [9.17, 15) is 9.59 Å². The van der Waals surface area contributed by atoms with Crippen molar-refractivity contribution in [1.82, 2.24) is 0 Å². The highest BCUT2D eigenvalue weighted by Crippen LogP contribution is 2.69. The Morgan fingerprint density at radius 1 is 0.947 bits per heavy atom. The van der Waals surface area contributed by atoms with Crippen molar-refractivity contribution in [3.63, 3.8) is 0 Å². The van der Waals surface area contributed by atoms with E-state index in [1.807, 2.05) is 0 Å². The monoisotopic (exact) mass is 641 g/mol. The van der Waals surface area contributed by atoms with Crippen LogP contribution in [-0.4, -0.2) is 45.6 Å². The molecule has 38 heavy (non-hydrogen) atoms. The number of carbonyl (C=O) groups is 2. The lowest BCUT2D eigenvalue weighted by Gasteiger charge is -2.62. The van der Waals surface area contributed by atoms with E-state index in [0.29, 0.717) is 33.5 Å². The summed E-state index contributed by atoms with van der Waals surface area (Å²) in [6.45, 7) is 14.7. The summed E-state index contributed by atoms with van der Waals surface area (Å²) in [5.41, 5.74) is 0.0213. The third kappa shape index (κ3) is 4.93. The lowest BCUT2D eigenvalue weighted by molar-refractivity contribution is -0.195. The van der Waals surface area contributed by atoms with Crippen LogP contribution in [0.2, 0.25) is 0 Å². The van der Waals surface area contributed by atoms with E-state index in [1.165, 1.54) is 19.8 Å². The van der Waals surface area contributed by atoms with Crippen LogP contribution >= 0.6 is 22.6 Å². The molecule has 1 unspecified atom stereocenters.